The smallest absolute Gasteiger partial charge is 0.338 e. The zero-order valence-corrected chi connectivity index (χ0v) is 21.1. The standard InChI is InChI=1S/C26H26ClN3O3S/c1-5-29(6-2)20-13-7-17(8-14-20)15-21-24(31)30-23(18-9-11-19(27)12-10-18)22(25(32)33-4)16(3)28-26(30)34-21/h7-15,23H,5-6H2,1-4H3. The van der Waals surface area contributed by atoms with Gasteiger partial charge in [0.1, 0.15) is 0 Å². The van der Waals surface area contributed by atoms with Crippen molar-refractivity contribution in [2.75, 3.05) is 25.1 Å². The second kappa shape index (κ2) is 9.99. The van der Waals surface area contributed by atoms with E-state index in [2.05, 4.69) is 35.9 Å². The SMILES string of the molecule is CCN(CC)c1ccc(C=c2sc3n(c2=O)C(c2ccc(Cl)cc2)C(C(=O)OC)=C(C)N=3)cc1. The zero-order valence-electron chi connectivity index (χ0n) is 19.5. The molecule has 0 spiro atoms. The fourth-order valence-corrected chi connectivity index (χ4v) is 5.35. The van der Waals surface area contributed by atoms with E-state index in [1.54, 1.807) is 23.6 Å². The van der Waals surface area contributed by atoms with Crippen molar-refractivity contribution in [3.05, 3.63) is 95.6 Å². The normalized spacial score (nSPS) is 15.7. The number of carbonyl (C=O) groups excluding carboxylic acids is 1. The third-order valence-electron chi connectivity index (χ3n) is 5.93. The Bertz CT molecular complexity index is 1420. The molecule has 1 aliphatic rings. The lowest BCUT2D eigenvalue weighted by molar-refractivity contribution is -0.136. The first-order chi connectivity index (χ1) is 16.4. The highest BCUT2D eigenvalue weighted by Gasteiger charge is 2.33. The van der Waals surface area contributed by atoms with Crippen molar-refractivity contribution in [2.45, 2.75) is 26.8 Å². The largest absolute Gasteiger partial charge is 0.466 e. The number of aromatic nitrogens is 1. The van der Waals surface area contributed by atoms with Crippen LogP contribution in [-0.4, -0.2) is 30.7 Å². The highest BCUT2D eigenvalue weighted by Crippen LogP contribution is 2.31. The molecule has 4 rings (SSSR count). The Balaban J connectivity index is 1.85. The molecule has 1 atom stereocenters. The number of nitrogens with zero attached hydrogens (tertiary/aromatic N) is 3. The predicted octanol–water partition coefficient (Wildman–Crippen LogP) is 3.91. The van der Waals surface area contributed by atoms with Crippen LogP contribution in [0, 0.1) is 0 Å². The Hall–Kier alpha value is -3.16. The van der Waals surface area contributed by atoms with Crippen LogP contribution in [0.1, 0.15) is 37.9 Å². The number of hydrogen-bond donors (Lipinski definition) is 0. The first-order valence-corrected chi connectivity index (χ1v) is 12.3. The molecule has 0 radical (unpaired) electrons. The van der Waals surface area contributed by atoms with Crippen molar-refractivity contribution >= 4 is 40.7 Å². The Morgan fingerprint density at radius 2 is 1.79 bits per heavy atom. The van der Waals surface area contributed by atoms with Crippen LogP contribution in [0.15, 0.2) is 69.6 Å². The molecule has 0 amide bonds. The van der Waals surface area contributed by atoms with E-state index in [4.69, 9.17) is 16.3 Å². The summed E-state index contributed by atoms with van der Waals surface area (Å²) in [4.78, 5) is 33.7. The third kappa shape index (κ3) is 4.45. The van der Waals surface area contributed by atoms with E-state index in [-0.39, 0.29) is 5.56 Å². The van der Waals surface area contributed by atoms with Crippen LogP contribution in [0.2, 0.25) is 5.02 Å². The molecule has 0 N–H and O–H groups in total. The van der Waals surface area contributed by atoms with Crippen molar-refractivity contribution in [3.8, 4) is 0 Å². The molecule has 1 aliphatic heterocycles. The number of benzene rings is 2. The van der Waals surface area contributed by atoms with Gasteiger partial charge in [-0.25, -0.2) is 9.79 Å². The molecule has 0 bridgehead atoms. The van der Waals surface area contributed by atoms with Gasteiger partial charge < -0.3 is 9.64 Å². The van der Waals surface area contributed by atoms with Crippen LogP contribution in [0.3, 0.4) is 0 Å². The minimum Gasteiger partial charge on any atom is -0.466 e. The third-order valence-corrected chi connectivity index (χ3v) is 7.17. The Morgan fingerprint density at radius 3 is 2.38 bits per heavy atom. The lowest BCUT2D eigenvalue weighted by Gasteiger charge is -2.24. The van der Waals surface area contributed by atoms with Crippen LogP contribution in [0.4, 0.5) is 5.69 Å². The minimum absolute atomic E-state index is 0.203. The molecule has 176 valence electrons. The van der Waals surface area contributed by atoms with Crippen LogP contribution in [0.5, 0.6) is 0 Å². The summed E-state index contributed by atoms with van der Waals surface area (Å²) < 4.78 is 7.16. The van der Waals surface area contributed by atoms with Crippen molar-refractivity contribution in [3.63, 3.8) is 0 Å². The van der Waals surface area contributed by atoms with E-state index in [1.807, 2.05) is 30.3 Å². The van der Waals surface area contributed by atoms with Crippen molar-refractivity contribution in [1.82, 2.24) is 4.57 Å². The van der Waals surface area contributed by atoms with E-state index in [1.165, 1.54) is 18.4 Å². The van der Waals surface area contributed by atoms with Crippen LogP contribution in [-0.2, 0) is 9.53 Å². The van der Waals surface area contributed by atoms with E-state index in [0.29, 0.717) is 25.6 Å². The molecule has 34 heavy (non-hydrogen) atoms. The fraction of sp³-hybridized carbons (Fsp3) is 0.269. The van der Waals surface area contributed by atoms with Crippen molar-refractivity contribution in [1.29, 1.82) is 0 Å². The Morgan fingerprint density at radius 1 is 1.15 bits per heavy atom. The van der Waals surface area contributed by atoms with Gasteiger partial charge in [0.25, 0.3) is 5.56 Å². The van der Waals surface area contributed by atoms with Gasteiger partial charge in [-0.05, 0) is 62.2 Å². The summed E-state index contributed by atoms with van der Waals surface area (Å²) in [5, 5.41) is 0.574. The van der Waals surface area contributed by atoms with E-state index in [0.717, 1.165) is 29.9 Å². The summed E-state index contributed by atoms with van der Waals surface area (Å²) in [6.45, 7) is 7.87. The van der Waals surface area contributed by atoms with Crippen LogP contribution < -0.4 is 19.8 Å². The minimum atomic E-state index is -0.645. The maximum absolute atomic E-state index is 13.6. The lowest BCUT2D eigenvalue weighted by atomic mass is 9.96. The topological polar surface area (TPSA) is 63.9 Å². The van der Waals surface area contributed by atoms with E-state index < -0.39 is 12.0 Å². The summed E-state index contributed by atoms with van der Waals surface area (Å²) in [5.74, 6) is -0.512. The molecule has 8 heteroatoms. The van der Waals surface area contributed by atoms with Crippen molar-refractivity contribution in [2.24, 2.45) is 4.99 Å². The lowest BCUT2D eigenvalue weighted by Crippen LogP contribution is -2.39. The first kappa shape index (κ1) is 24.0. The maximum Gasteiger partial charge on any atom is 0.338 e. The van der Waals surface area contributed by atoms with Gasteiger partial charge in [0.2, 0.25) is 0 Å². The number of ether oxygens (including phenoxy) is 1. The van der Waals surface area contributed by atoms with Crippen LogP contribution in [0.25, 0.3) is 6.08 Å². The number of esters is 1. The zero-order chi connectivity index (χ0) is 24.4. The molecule has 0 aliphatic carbocycles. The molecule has 2 aromatic carbocycles. The average molecular weight is 496 g/mol. The number of halogens is 1. The molecule has 2 heterocycles. The monoisotopic (exact) mass is 495 g/mol. The summed E-state index contributed by atoms with van der Waals surface area (Å²) in [5.41, 5.74) is 3.49. The molecular weight excluding hydrogens is 470 g/mol. The number of anilines is 1. The number of allylic oxidation sites excluding steroid dienone is 1. The van der Waals surface area contributed by atoms with Gasteiger partial charge in [-0.3, -0.25) is 9.36 Å². The molecule has 6 nitrogen and oxygen atoms in total. The van der Waals surface area contributed by atoms with Crippen molar-refractivity contribution < 1.29 is 9.53 Å². The van der Waals surface area contributed by atoms with Gasteiger partial charge in [-0.2, -0.15) is 0 Å². The van der Waals surface area contributed by atoms with Gasteiger partial charge in [0.05, 0.1) is 29.0 Å². The second-order valence-electron chi connectivity index (χ2n) is 7.89. The maximum atomic E-state index is 13.6. The molecule has 3 aromatic rings. The summed E-state index contributed by atoms with van der Waals surface area (Å²) >= 11 is 7.39. The molecular formula is C26H26ClN3O3S. The first-order valence-electron chi connectivity index (χ1n) is 11.1. The van der Waals surface area contributed by atoms with Gasteiger partial charge in [-0.1, -0.05) is 47.2 Å². The Labute approximate surface area is 207 Å². The molecule has 0 saturated heterocycles. The summed E-state index contributed by atoms with van der Waals surface area (Å²) in [6.07, 6.45) is 1.87. The molecule has 0 fully saturated rings. The highest BCUT2D eigenvalue weighted by atomic mass is 35.5. The number of methoxy groups -OCH3 is 1. The number of rotatable bonds is 6. The predicted molar refractivity (Wildman–Crippen MR) is 137 cm³/mol. The molecule has 1 unspecified atom stereocenters. The quantitative estimate of drug-likeness (QED) is 0.486. The van der Waals surface area contributed by atoms with Gasteiger partial charge in [0, 0.05) is 23.8 Å². The number of carbonyl (C=O) groups is 1. The fourth-order valence-electron chi connectivity index (χ4n) is 4.17. The van der Waals surface area contributed by atoms with Crippen LogP contribution >= 0.6 is 22.9 Å². The van der Waals surface area contributed by atoms with Gasteiger partial charge >= 0.3 is 5.97 Å². The Kier molecular flexibility index (Phi) is 7.05. The second-order valence-corrected chi connectivity index (χ2v) is 9.33. The number of fused-ring (bicyclic) bond motifs is 1. The average Bonchev–Trinajstić information content (AvgIpc) is 3.14. The van der Waals surface area contributed by atoms with Gasteiger partial charge in [0.15, 0.2) is 4.80 Å². The number of thiazole rings is 1. The highest BCUT2D eigenvalue weighted by molar-refractivity contribution is 7.07. The summed E-state index contributed by atoms with van der Waals surface area (Å²) in [6, 6.07) is 14.6. The van der Waals surface area contributed by atoms with E-state index >= 15 is 0 Å². The summed E-state index contributed by atoms with van der Waals surface area (Å²) in [7, 11) is 1.33. The number of hydrogen-bond acceptors (Lipinski definition) is 6. The molecule has 0 saturated carbocycles. The van der Waals surface area contributed by atoms with Gasteiger partial charge in [-0.15, -0.1) is 0 Å². The molecule has 1 aromatic heterocycles. The van der Waals surface area contributed by atoms with E-state index in [9.17, 15) is 9.59 Å².